The lowest BCUT2D eigenvalue weighted by atomic mass is 9.79. The molecule has 1 rings (SSSR count). The minimum absolute atomic E-state index is 0.180. The molecular formula is C9H12O3. The summed E-state index contributed by atoms with van der Waals surface area (Å²) in [6.45, 7) is 3.10. The molecule has 3 nitrogen and oxygen atoms in total. The van der Waals surface area contributed by atoms with Crippen molar-refractivity contribution in [1.82, 2.24) is 0 Å². The molecule has 0 spiro atoms. The average Bonchev–Trinajstić information content (AvgIpc) is 2.00. The van der Waals surface area contributed by atoms with Crippen LogP contribution in [0.1, 0.15) is 26.7 Å². The van der Waals surface area contributed by atoms with Crippen LogP contribution >= 0.6 is 0 Å². The molecule has 0 saturated heterocycles. The van der Waals surface area contributed by atoms with Crippen molar-refractivity contribution in [3.8, 4) is 0 Å². The highest BCUT2D eigenvalue weighted by Crippen LogP contribution is 2.23. The van der Waals surface area contributed by atoms with Gasteiger partial charge in [-0.3, -0.25) is 14.4 Å². The van der Waals surface area contributed by atoms with Crippen LogP contribution in [0.2, 0.25) is 0 Å². The fourth-order valence-corrected chi connectivity index (χ4v) is 1.48. The van der Waals surface area contributed by atoms with Crippen molar-refractivity contribution in [1.29, 1.82) is 0 Å². The summed E-state index contributed by atoms with van der Waals surface area (Å²) in [6.07, 6.45) is 1.20. The first-order chi connectivity index (χ1) is 5.54. The van der Waals surface area contributed by atoms with E-state index in [1.807, 2.05) is 0 Å². The van der Waals surface area contributed by atoms with Crippen LogP contribution in [-0.4, -0.2) is 17.3 Å². The highest BCUT2D eigenvalue weighted by Gasteiger charge is 2.36. The van der Waals surface area contributed by atoms with Gasteiger partial charge in [-0.15, -0.1) is 0 Å². The zero-order valence-electron chi connectivity index (χ0n) is 7.29. The van der Waals surface area contributed by atoms with Crippen molar-refractivity contribution in [3.05, 3.63) is 0 Å². The van der Waals surface area contributed by atoms with Crippen LogP contribution < -0.4 is 0 Å². The Kier molecular flexibility index (Phi) is 2.40. The quantitative estimate of drug-likeness (QED) is 0.429. The maximum Gasteiger partial charge on any atom is 0.209 e. The van der Waals surface area contributed by atoms with Crippen LogP contribution in [0.4, 0.5) is 0 Å². The van der Waals surface area contributed by atoms with Crippen LogP contribution in [0.5, 0.6) is 0 Å². The highest BCUT2D eigenvalue weighted by atomic mass is 16.2. The molecule has 0 aliphatic heterocycles. The average molecular weight is 168 g/mol. The van der Waals surface area contributed by atoms with Crippen molar-refractivity contribution >= 4 is 17.3 Å². The van der Waals surface area contributed by atoms with Crippen LogP contribution in [0.3, 0.4) is 0 Å². The molecule has 66 valence electrons. The Morgan fingerprint density at radius 1 is 1.25 bits per heavy atom. The van der Waals surface area contributed by atoms with Gasteiger partial charge in [0.2, 0.25) is 11.6 Å². The molecule has 0 radical (unpaired) electrons. The monoisotopic (exact) mass is 168 g/mol. The van der Waals surface area contributed by atoms with Crippen molar-refractivity contribution in [3.63, 3.8) is 0 Å². The number of rotatable bonds is 1. The smallest absolute Gasteiger partial charge is 0.209 e. The second-order valence-electron chi connectivity index (χ2n) is 3.37. The Balaban J connectivity index is 2.79. The summed E-state index contributed by atoms with van der Waals surface area (Å²) in [7, 11) is 0. The van der Waals surface area contributed by atoms with Gasteiger partial charge >= 0.3 is 0 Å². The zero-order chi connectivity index (χ0) is 9.30. The third-order valence-electron chi connectivity index (χ3n) is 2.39. The van der Waals surface area contributed by atoms with Gasteiger partial charge in [0.15, 0.2) is 0 Å². The summed E-state index contributed by atoms with van der Waals surface area (Å²) in [6, 6.07) is 0. The van der Waals surface area contributed by atoms with E-state index < -0.39 is 11.7 Å². The lowest BCUT2D eigenvalue weighted by Crippen LogP contribution is -2.37. The van der Waals surface area contributed by atoms with Crippen LogP contribution in [0.15, 0.2) is 0 Å². The van der Waals surface area contributed by atoms with Gasteiger partial charge in [0.25, 0.3) is 0 Å². The maximum absolute atomic E-state index is 11.2. The van der Waals surface area contributed by atoms with Crippen LogP contribution in [0, 0.1) is 11.8 Å². The lowest BCUT2D eigenvalue weighted by molar-refractivity contribution is -0.146. The third kappa shape index (κ3) is 1.44. The molecule has 2 atom stereocenters. The zero-order valence-corrected chi connectivity index (χ0v) is 7.29. The van der Waals surface area contributed by atoms with E-state index in [4.69, 9.17) is 0 Å². The molecule has 12 heavy (non-hydrogen) atoms. The molecule has 1 aliphatic rings. The Hall–Kier alpha value is -0.990. The molecular weight excluding hydrogens is 156 g/mol. The van der Waals surface area contributed by atoms with Gasteiger partial charge in [0.1, 0.15) is 5.78 Å². The van der Waals surface area contributed by atoms with Crippen LogP contribution in [-0.2, 0) is 14.4 Å². The molecule has 0 aromatic rings. The second kappa shape index (κ2) is 3.17. The predicted molar refractivity (Wildman–Crippen MR) is 42.6 cm³/mol. The largest absolute Gasteiger partial charge is 0.299 e. The Labute approximate surface area is 71.1 Å². The number of hydrogen-bond acceptors (Lipinski definition) is 3. The van der Waals surface area contributed by atoms with Gasteiger partial charge < -0.3 is 0 Å². The second-order valence-corrected chi connectivity index (χ2v) is 3.37. The number of carbonyl (C=O) groups excluding carboxylic acids is 3. The first kappa shape index (κ1) is 9.10. The molecule has 1 saturated carbocycles. The number of ketones is 3. The highest BCUT2D eigenvalue weighted by molar-refractivity contribution is 6.42. The van der Waals surface area contributed by atoms with Crippen molar-refractivity contribution in [2.45, 2.75) is 26.7 Å². The SMILES string of the molecule is CC(=O)C1CCC(C)C(=O)C1=O. The van der Waals surface area contributed by atoms with E-state index in [1.54, 1.807) is 6.92 Å². The molecule has 0 aromatic carbocycles. The molecule has 0 heterocycles. The molecule has 1 fully saturated rings. The number of hydrogen-bond donors (Lipinski definition) is 0. The van der Waals surface area contributed by atoms with Crippen molar-refractivity contribution < 1.29 is 14.4 Å². The Bertz CT molecular complexity index is 242. The number of Topliss-reactive ketones (excluding diaryl/α,β-unsaturated/α-hetero) is 3. The summed E-state index contributed by atoms with van der Waals surface area (Å²) in [5.41, 5.74) is 0. The topological polar surface area (TPSA) is 51.2 Å². The fraction of sp³-hybridized carbons (Fsp3) is 0.667. The molecule has 1 aliphatic carbocycles. The molecule has 0 N–H and O–H groups in total. The Morgan fingerprint density at radius 3 is 2.33 bits per heavy atom. The van der Waals surface area contributed by atoms with E-state index in [2.05, 4.69) is 0 Å². The van der Waals surface area contributed by atoms with Gasteiger partial charge in [0.05, 0.1) is 5.92 Å². The van der Waals surface area contributed by atoms with Gasteiger partial charge in [-0.1, -0.05) is 6.92 Å². The van der Waals surface area contributed by atoms with Crippen molar-refractivity contribution in [2.75, 3.05) is 0 Å². The molecule has 0 aromatic heterocycles. The van der Waals surface area contributed by atoms with Gasteiger partial charge in [-0.05, 0) is 19.8 Å². The fourth-order valence-electron chi connectivity index (χ4n) is 1.48. The summed E-state index contributed by atoms with van der Waals surface area (Å²) in [4.78, 5) is 33.2. The van der Waals surface area contributed by atoms with E-state index in [1.165, 1.54) is 6.92 Å². The van der Waals surface area contributed by atoms with E-state index in [-0.39, 0.29) is 17.5 Å². The lowest BCUT2D eigenvalue weighted by Gasteiger charge is -2.21. The minimum atomic E-state index is -0.645. The predicted octanol–water partition coefficient (Wildman–Crippen LogP) is 0.760. The number of carbonyl (C=O) groups is 3. The van der Waals surface area contributed by atoms with E-state index in [0.717, 1.165) is 0 Å². The molecule has 3 heteroatoms. The standard InChI is InChI=1S/C9H12O3/c1-5-3-4-7(6(2)10)9(12)8(5)11/h5,7H,3-4H2,1-2H3. The normalized spacial score (nSPS) is 30.5. The molecule has 0 bridgehead atoms. The Morgan fingerprint density at radius 2 is 1.83 bits per heavy atom. The maximum atomic E-state index is 11.2. The van der Waals surface area contributed by atoms with Gasteiger partial charge in [-0.2, -0.15) is 0 Å². The first-order valence-corrected chi connectivity index (χ1v) is 4.12. The summed E-state index contributed by atoms with van der Waals surface area (Å²) < 4.78 is 0. The summed E-state index contributed by atoms with van der Waals surface area (Å²) in [5, 5.41) is 0. The van der Waals surface area contributed by atoms with Crippen LogP contribution in [0.25, 0.3) is 0 Å². The minimum Gasteiger partial charge on any atom is -0.299 e. The summed E-state index contributed by atoms with van der Waals surface area (Å²) >= 11 is 0. The molecule has 0 amide bonds. The van der Waals surface area contributed by atoms with E-state index in [9.17, 15) is 14.4 Å². The molecule has 2 unspecified atom stereocenters. The van der Waals surface area contributed by atoms with Gasteiger partial charge in [0, 0.05) is 5.92 Å². The first-order valence-electron chi connectivity index (χ1n) is 4.12. The van der Waals surface area contributed by atoms with E-state index >= 15 is 0 Å². The van der Waals surface area contributed by atoms with Gasteiger partial charge in [-0.25, -0.2) is 0 Å². The van der Waals surface area contributed by atoms with Crippen molar-refractivity contribution in [2.24, 2.45) is 11.8 Å². The third-order valence-corrected chi connectivity index (χ3v) is 2.39. The van der Waals surface area contributed by atoms with E-state index in [0.29, 0.717) is 12.8 Å². The summed E-state index contributed by atoms with van der Waals surface area (Å²) in [5.74, 6) is -1.87.